The number of amides is 1. The quantitative estimate of drug-likeness (QED) is 0.401. The van der Waals surface area contributed by atoms with Gasteiger partial charge in [-0.1, -0.05) is 0 Å². The molecule has 5 rings (SSSR count). The lowest BCUT2D eigenvalue weighted by Crippen LogP contribution is -2.41. The highest BCUT2D eigenvalue weighted by molar-refractivity contribution is 5.88. The second kappa shape index (κ2) is 8.83. The minimum atomic E-state index is -0.479. The monoisotopic (exact) mass is 473 g/mol. The first-order valence-electron chi connectivity index (χ1n) is 12.0. The average molecular weight is 474 g/mol. The number of benzene rings is 1. The van der Waals surface area contributed by atoms with Crippen molar-refractivity contribution in [3.05, 3.63) is 48.3 Å². The molecular formula is C27H31N5O3. The number of hydrogen-bond donors (Lipinski definition) is 0. The van der Waals surface area contributed by atoms with Crippen molar-refractivity contribution in [2.24, 2.45) is 7.05 Å². The molecule has 1 fully saturated rings. The highest BCUT2D eigenvalue weighted by atomic mass is 16.6. The number of likely N-dealkylation sites (tertiary alicyclic amines) is 1. The molecule has 1 aliphatic rings. The fourth-order valence-corrected chi connectivity index (χ4v) is 4.63. The molecule has 0 bridgehead atoms. The molecule has 35 heavy (non-hydrogen) atoms. The van der Waals surface area contributed by atoms with Crippen LogP contribution in [0.5, 0.6) is 5.75 Å². The zero-order valence-electron chi connectivity index (χ0n) is 20.9. The summed E-state index contributed by atoms with van der Waals surface area (Å²) in [4.78, 5) is 24.0. The second-order valence-corrected chi connectivity index (χ2v) is 10.1. The Morgan fingerprint density at radius 2 is 1.71 bits per heavy atom. The fourth-order valence-electron chi connectivity index (χ4n) is 4.63. The van der Waals surface area contributed by atoms with Crippen LogP contribution in [-0.2, 0) is 11.8 Å². The Labute approximate surface area is 204 Å². The molecule has 1 aliphatic heterocycles. The molecule has 0 unspecified atom stereocenters. The number of pyridine rings is 2. The molecule has 1 aromatic carbocycles. The van der Waals surface area contributed by atoms with Gasteiger partial charge in [-0.3, -0.25) is 9.67 Å². The maximum Gasteiger partial charge on any atom is 0.410 e. The smallest absolute Gasteiger partial charge is 0.410 e. The summed E-state index contributed by atoms with van der Waals surface area (Å²) in [5.74, 6) is 1.07. The summed E-state index contributed by atoms with van der Waals surface area (Å²) < 4.78 is 13.0. The maximum absolute atomic E-state index is 12.4. The number of aromatic nitrogens is 4. The molecule has 0 N–H and O–H groups in total. The molecule has 4 aromatic rings. The summed E-state index contributed by atoms with van der Waals surface area (Å²) >= 11 is 0. The number of methoxy groups -OCH3 is 1. The van der Waals surface area contributed by atoms with Crippen LogP contribution >= 0.6 is 0 Å². The van der Waals surface area contributed by atoms with E-state index >= 15 is 0 Å². The standard InChI is InChI=1S/C27H31N5O3/c1-27(2,3)35-26(33)32-12-10-17(11-13-32)20-6-8-23-22(28-20)9-7-21(29-23)19-15-24-18(14-25(19)34-5)16-31(4)30-24/h6-9,14-17H,10-13H2,1-5H3. The van der Waals surface area contributed by atoms with E-state index in [0.29, 0.717) is 19.0 Å². The fraction of sp³-hybridized carbons (Fsp3) is 0.407. The topological polar surface area (TPSA) is 82.4 Å². The molecule has 8 nitrogen and oxygen atoms in total. The number of piperidine rings is 1. The van der Waals surface area contributed by atoms with E-state index < -0.39 is 5.60 Å². The highest BCUT2D eigenvalue weighted by Gasteiger charge is 2.28. The van der Waals surface area contributed by atoms with Crippen molar-refractivity contribution in [2.75, 3.05) is 20.2 Å². The van der Waals surface area contributed by atoms with E-state index in [1.54, 1.807) is 16.7 Å². The molecule has 182 valence electrons. The van der Waals surface area contributed by atoms with Gasteiger partial charge in [-0.05, 0) is 70.0 Å². The van der Waals surface area contributed by atoms with Gasteiger partial charge in [0, 0.05) is 48.9 Å². The van der Waals surface area contributed by atoms with E-state index in [1.807, 2.05) is 64.3 Å². The third-order valence-corrected chi connectivity index (χ3v) is 6.34. The first kappa shape index (κ1) is 23.1. The van der Waals surface area contributed by atoms with Crippen molar-refractivity contribution < 1.29 is 14.3 Å². The summed E-state index contributed by atoms with van der Waals surface area (Å²) in [5.41, 5.74) is 4.88. The van der Waals surface area contributed by atoms with Crippen LogP contribution in [0, 0.1) is 0 Å². The van der Waals surface area contributed by atoms with E-state index in [2.05, 4.69) is 11.2 Å². The van der Waals surface area contributed by atoms with Crippen molar-refractivity contribution in [3.8, 4) is 17.0 Å². The number of hydrogen-bond acceptors (Lipinski definition) is 6. The third-order valence-electron chi connectivity index (χ3n) is 6.34. The van der Waals surface area contributed by atoms with Gasteiger partial charge < -0.3 is 14.4 Å². The second-order valence-electron chi connectivity index (χ2n) is 10.1. The normalized spacial score (nSPS) is 15.1. The Hall–Kier alpha value is -3.68. The van der Waals surface area contributed by atoms with Gasteiger partial charge in [0.15, 0.2) is 0 Å². The van der Waals surface area contributed by atoms with Gasteiger partial charge in [0.25, 0.3) is 0 Å². The molecule has 0 aliphatic carbocycles. The van der Waals surface area contributed by atoms with E-state index in [1.165, 1.54) is 0 Å². The molecule has 0 radical (unpaired) electrons. The van der Waals surface area contributed by atoms with Crippen LogP contribution in [0.15, 0.2) is 42.6 Å². The first-order valence-corrected chi connectivity index (χ1v) is 12.0. The molecular weight excluding hydrogens is 442 g/mol. The van der Waals surface area contributed by atoms with Gasteiger partial charge >= 0.3 is 6.09 Å². The minimum absolute atomic E-state index is 0.238. The van der Waals surface area contributed by atoms with Gasteiger partial charge in [-0.2, -0.15) is 5.10 Å². The highest BCUT2D eigenvalue weighted by Crippen LogP contribution is 2.34. The van der Waals surface area contributed by atoms with E-state index in [-0.39, 0.29) is 6.09 Å². The SMILES string of the molecule is COc1cc2cn(C)nc2cc1-c1ccc2nc(C3CCN(C(=O)OC(C)(C)C)CC3)ccc2n1. The summed E-state index contributed by atoms with van der Waals surface area (Å²) in [6, 6.07) is 12.1. The van der Waals surface area contributed by atoms with Crippen molar-refractivity contribution >= 4 is 28.0 Å². The zero-order chi connectivity index (χ0) is 24.7. The van der Waals surface area contributed by atoms with Gasteiger partial charge in [0.05, 0.1) is 29.4 Å². The zero-order valence-corrected chi connectivity index (χ0v) is 20.9. The predicted octanol–water partition coefficient (Wildman–Crippen LogP) is 5.31. The summed E-state index contributed by atoms with van der Waals surface area (Å²) in [7, 11) is 3.58. The lowest BCUT2D eigenvalue weighted by molar-refractivity contribution is 0.0204. The third kappa shape index (κ3) is 4.78. The predicted molar refractivity (Wildman–Crippen MR) is 136 cm³/mol. The molecule has 8 heteroatoms. The number of rotatable bonds is 3. The number of aryl methyl sites for hydroxylation is 1. The number of fused-ring (bicyclic) bond motifs is 2. The number of nitrogens with zero attached hydrogens (tertiary/aromatic N) is 5. The van der Waals surface area contributed by atoms with Crippen molar-refractivity contribution in [1.29, 1.82) is 0 Å². The maximum atomic E-state index is 12.4. The molecule has 0 saturated carbocycles. The van der Waals surface area contributed by atoms with Crippen LogP contribution in [0.2, 0.25) is 0 Å². The first-order chi connectivity index (χ1) is 16.7. The van der Waals surface area contributed by atoms with Crippen LogP contribution in [0.4, 0.5) is 4.79 Å². The van der Waals surface area contributed by atoms with Crippen molar-refractivity contribution in [2.45, 2.75) is 45.1 Å². The van der Waals surface area contributed by atoms with Gasteiger partial charge in [0.2, 0.25) is 0 Å². The van der Waals surface area contributed by atoms with Gasteiger partial charge in [0.1, 0.15) is 11.4 Å². The van der Waals surface area contributed by atoms with Crippen molar-refractivity contribution in [1.82, 2.24) is 24.6 Å². The lowest BCUT2D eigenvalue weighted by atomic mass is 9.93. The lowest BCUT2D eigenvalue weighted by Gasteiger charge is -2.33. The van der Waals surface area contributed by atoms with Crippen LogP contribution in [0.25, 0.3) is 33.2 Å². The molecule has 0 spiro atoms. The Kier molecular flexibility index (Phi) is 5.83. The van der Waals surface area contributed by atoms with E-state index in [0.717, 1.165) is 57.5 Å². The molecule has 3 aromatic heterocycles. The van der Waals surface area contributed by atoms with E-state index in [9.17, 15) is 4.79 Å². The largest absolute Gasteiger partial charge is 0.496 e. The van der Waals surface area contributed by atoms with Crippen LogP contribution in [0.1, 0.15) is 45.2 Å². The number of carbonyl (C=O) groups excluding carboxylic acids is 1. The summed E-state index contributed by atoms with van der Waals surface area (Å²) in [5, 5.41) is 5.55. The van der Waals surface area contributed by atoms with E-state index in [4.69, 9.17) is 19.4 Å². The minimum Gasteiger partial charge on any atom is -0.496 e. The molecule has 1 saturated heterocycles. The summed E-state index contributed by atoms with van der Waals surface area (Å²) in [6.45, 7) is 7.02. The van der Waals surface area contributed by atoms with Gasteiger partial charge in [-0.15, -0.1) is 0 Å². The molecule has 4 heterocycles. The summed E-state index contributed by atoms with van der Waals surface area (Å²) in [6.07, 6.45) is 3.46. The number of carbonyl (C=O) groups is 1. The van der Waals surface area contributed by atoms with Crippen LogP contribution < -0.4 is 4.74 Å². The molecule has 0 atom stereocenters. The number of ether oxygens (including phenoxy) is 2. The Balaban J connectivity index is 1.36. The Bertz CT molecular complexity index is 1400. The Morgan fingerprint density at radius 3 is 2.43 bits per heavy atom. The van der Waals surface area contributed by atoms with Gasteiger partial charge in [-0.25, -0.2) is 9.78 Å². The average Bonchev–Trinajstić information content (AvgIpc) is 3.20. The molecule has 1 amide bonds. The van der Waals surface area contributed by atoms with Crippen LogP contribution in [-0.4, -0.2) is 56.5 Å². The Morgan fingerprint density at radius 1 is 1.00 bits per heavy atom. The van der Waals surface area contributed by atoms with Crippen molar-refractivity contribution in [3.63, 3.8) is 0 Å². The van der Waals surface area contributed by atoms with Crippen LogP contribution in [0.3, 0.4) is 0 Å².